The van der Waals surface area contributed by atoms with E-state index >= 15 is 0 Å². The van der Waals surface area contributed by atoms with Crippen molar-refractivity contribution in [1.82, 2.24) is 0 Å². The molecule has 2 heterocycles. The number of carbonyl (C=O) groups excluding carboxylic acids is 2. The molecular weight excluding hydrogens is 552 g/mol. The lowest BCUT2D eigenvalue weighted by molar-refractivity contribution is -0.384. The smallest absolute Gasteiger partial charge is 0.271 e. The highest BCUT2D eigenvalue weighted by molar-refractivity contribution is 9.10. The first-order valence-corrected chi connectivity index (χ1v) is 13.6. The third-order valence-electron chi connectivity index (χ3n) is 7.98. The summed E-state index contributed by atoms with van der Waals surface area (Å²) in [5.74, 6) is -1.56. The molecule has 198 valence electrons. The summed E-state index contributed by atoms with van der Waals surface area (Å²) in [5, 5.41) is 21.5. The summed E-state index contributed by atoms with van der Waals surface area (Å²) >= 11 is 3.45. The van der Waals surface area contributed by atoms with Crippen LogP contribution in [0.3, 0.4) is 0 Å². The van der Waals surface area contributed by atoms with Gasteiger partial charge in [-0.15, -0.1) is 0 Å². The SMILES string of the molecule is CC/C(=C\c1cc(Br)ccc1O)CC[C@H]1OC[C@H]2C1=C(C)C[C@H]1C(=O)N(c3cccc([N+](=O)[O-])c3)C(=O)[C@H]12. The van der Waals surface area contributed by atoms with E-state index in [1.54, 1.807) is 18.2 Å². The number of hydrogen-bond acceptors (Lipinski definition) is 6. The Kier molecular flexibility index (Phi) is 7.24. The zero-order valence-electron chi connectivity index (χ0n) is 21.2. The van der Waals surface area contributed by atoms with Crippen LogP contribution in [0.1, 0.15) is 45.1 Å². The minimum Gasteiger partial charge on any atom is -0.507 e. The molecule has 2 aliphatic heterocycles. The van der Waals surface area contributed by atoms with Crippen molar-refractivity contribution in [2.45, 2.75) is 45.6 Å². The molecule has 0 radical (unpaired) electrons. The number of imide groups is 1. The first-order valence-electron chi connectivity index (χ1n) is 12.8. The van der Waals surface area contributed by atoms with Crippen molar-refractivity contribution >= 4 is 45.2 Å². The van der Waals surface area contributed by atoms with Crippen LogP contribution in [-0.4, -0.2) is 34.6 Å². The van der Waals surface area contributed by atoms with Crippen molar-refractivity contribution in [2.75, 3.05) is 11.5 Å². The molecule has 0 unspecified atom stereocenters. The van der Waals surface area contributed by atoms with Gasteiger partial charge < -0.3 is 9.84 Å². The minimum absolute atomic E-state index is 0.137. The summed E-state index contributed by atoms with van der Waals surface area (Å²) in [5.41, 5.74) is 4.23. The fraction of sp³-hybridized carbons (Fsp3) is 0.379. The Hall–Kier alpha value is -3.30. The number of hydrogen-bond donors (Lipinski definition) is 1. The molecule has 4 atom stereocenters. The number of amides is 2. The standard InChI is InChI=1S/C29H29BrN2O6/c1-3-17(12-18-13-19(30)8-9-24(18)33)7-10-25-26-16(2)11-22-27(23(26)15-38-25)29(35)31(28(22)34)20-5-4-6-21(14-20)32(36)37/h4-6,8-9,12-14,22-23,25,27,33H,3,7,10-11,15H2,1-2H3/b17-12+/t22-,23+,25-,27-/m1/s1. The predicted molar refractivity (Wildman–Crippen MR) is 146 cm³/mol. The summed E-state index contributed by atoms with van der Waals surface area (Å²) in [6, 6.07) is 11.0. The Bertz CT molecular complexity index is 1380. The number of nitro benzene ring substituents is 1. The Morgan fingerprint density at radius 1 is 1.21 bits per heavy atom. The van der Waals surface area contributed by atoms with E-state index < -0.39 is 16.8 Å². The van der Waals surface area contributed by atoms with Gasteiger partial charge in [0.15, 0.2) is 0 Å². The van der Waals surface area contributed by atoms with Gasteiger partial charge in [0.1, 0.15) is 5.75 Å². The number of benzene rings is 2. The quantitative estimate of drug-likeness (QED) is 0.181. The van der Waals surface area contributed by atoms with E-state index in [1.165, 1.54) is 23.8 Å². The third kappa shape index (κ3) is 4.69. The third-order valence-corrected chi connectivity index (χ3v) is 8.48. The monoisotopic (exact) mass is 580 g/mol. The Morgan fingerprint density at radius 2 is 2.00 bits per heavy atom. The summed E-state index contributed by atoms with van der Waals surface area (Å²) < 4.78 is 7.12. The van der Waals surface area contributed by atoms with Crippen molar-refractivity contribution in [3.63, 3.8) is 0 Å². The molecule has 0 spiro atoms. The predicted octanol–water partition coefficient (Wildman–Crippen LogP) is 6.18. The molecule has 2 aromatic carbocycles. The molecule has 38 heavy (non-hydrogen) atoms. The molecular formula is C29H29BrN2O6. The molecule has 0 bridgehead atoms. The number of allylic oxidation sites excluding steroid dienone is 2. The second-order valence-electron chi connectivity index (χ2n) is 10.2. The van der Waals surface area contributed by atoms with Crippen molar-refractivity contribution in [3.05, 3.63) is 79.3 Å². The van der Waals surface area contributed by atoms with Gasteiger partial charge in [0.05, 0.1) is 35.2 Å². The van der Waals surface area contributed by atoms with Gasteiger partial charge >= 0.3 is 0 Å². The topological polar surface area (TPSA) is 110 Å². The normalized spacial score (nSPS) is 25.1. The second kappa shape index (κ2) is 10.5. The van der Waals surface area contributed by atoms with Crippen LogP contribution in [0.25, 0.3) is 6.08 Å². The van der Waals surface area contributed by atoms with E-state index in [4.69, 9.17) is 4.74 Å². The number of anilines is 1. The first-order chi connectivity index (χ1) is 18.2. The maximum Gasteiger partial charge on any atom is 0.271 e. The lowest BCUT2D eigenvalue weighted by Crippen LogP contribution is -2.34. The second-order valence-corrected chi connectivity index (χ2v) is 11.1. The molecule has 0 saturated carbocycles. The molecule has 2 saturated heterocycles. The fourth-order valence-corrected chi connectivity index (χ4v) is 6.54. The van der Waals surface area contributed by atoms with E-state index in [0.29, 0.717) is 13.0 Å². The fourth-order valence-electron chi connectivity index (χ4n) is 6.16. The van der Waals surface area contributed by atoms with E-state index in [9.17, 15) is 24.8 Å². The van der Waals surface area contributed by atoms with Crippen molar-refractivity contribution in [1.29, 1.82) is 0 Å². The minimum atomic E-state index is -0.530. The zero-order valence-corrected chi connectivity index (χ0v) is 22.8. The number of phenols is 1. The van der Waals surface area contributed by atoms with Crippen molar-refractivity contribution in [3.8, 4) is 5.75 Å². The number of nitro groups is 1. The molecule has 0 aromatic heterocycles. The maximum absolute atomic E-state index is 13.6. The number of aromatic hydroxyl groups is 1. The van der Waals surface area contributed by atoms with E-state index in [0.717, 1.165) is 45.3 Å². The number of non-ortho nitro benzene ring substituents is 1. The first kappa shape index (κ1) is 26.3. The number of halogens is 1. The van der Waals surface area contributed by atoms with Gasteiger partial charge in [-0.05, 0) is 62.4 Å². The van der Waals surface area contributed by atoms with Gasteiger partial charge in [0.2, 0.25) is 11.8 Å². The summed E-state index contributed by atoms with van der Waals surface area (Å²) in [7, 11) is 0. The van der Waals surface area contributed by atoms with Crippen LogP contribution in [0.2, 0.25) is 0 Å². The number of nitrogens with zero attached hydrogens (tertiary/aromatic N) is 2. The van der Waals surface area contributed by atoms with Gasteiger partial charge in [-0.25, -0.2) is 4.90 Å². The summed E-state index contributed by atoms with van der Waals surface area (Å²) in [6.07, 6.45) is 4.70. The van der Waals surface area contributed by atoms with Gasteiger partial charge in [-0.1, -0.05) is 46.1 Å². The average molecular weight is 581 g/mol. The van der Waals surface area contributed by atoms with Gasteiger partial charge in [0.25, 0.3) is 5.69 Å². The number of fused-ring (bicyclic) bond motifs is 3. The summed E-state index contributed by atoms with van der Waals surface area (Å²) in [6.45, 7) is 4.47. The summed E-state index contributed by atoms with van der Waals surface area (Å²) in [4.78, 5) is 38.8. The largest absolute Gasteiger partial charge is 0.507 e. The van der Waals surface area contributed by atoms with Crippen LogP contribution in [0, 0.1) is 27.9 Å². The van der Waals surface area contributed by atoms with Crippen LogP contribution in [0.5, 0.6) is 5.75 Å². The van der Waals surface area contributed by atoms with Crippen LogP contribution in [0.15, 0.2) is 63.7 Å². The van der Waals surface area contributed by atoms with Crippen molar-refractivity contribution in [2.24, 2.45) is 17.8 Å². The molecule has 1 aliphatic carbocycles. The highest BCUT2D eigenvalue weighted by Gasteiger charge is 2.56. The lowest BCUT2D eigenvalue weighted by Gasteiger charge is -2.30. The zero-order chi connectivity index (χ0) is 27.1. The van der Waals surface area contributed by atoms with Crippen LogP contribution < -0.4 is 4.90 Å². The highest BCUT2D eigenvalue weighted by atomic mass is 79.9. The van der Waals surface area contributed by atoms with Crippen molar-refractivity contribution < 1.29 is 24.4 Å². The van der Waals surface area contributed by atoms with Gasteiger partial charge in [-0.3, -0.25) is 19.7 Å². The molecule has 3 aliphatic rings. The van der Waals surface area contributed by atoms with Crippen LogP contribution >= 0.6 is 15.9 Å². The molecule has 2 fully saturated rings. The van der Waals surface area contributed by atoms with Crippen LogP contribution in [0.4, 0.5) is 11.4 Å². The van der Waals surface area contributed by atoms with Gasteiger partial charge in [0, 0.05) is 28.1 Å². The highest BCUT2D eigenvalue weighted by Crippen LogP contribution is 2.50. The molecule has 5 rings (SSSR count). The number of rotatable bonds is 7. The lowest BCUT2D eigenvalue weighted by atomic mass is 9.70. The molecule has 2 amide bonds. The molecule has 9 heteroatoms. The van der Waals surface area contributed by atoms with E-state index in [-0.39, 0.29) is 41.0 Å². The number of ether oxygens (including phenoxy) is 1. The molecule has 2 aromatic rings. The van der Waals surface area contributed by atoms with Crippen LogP contribution in [-0.2, 0) is 14.3 Å². The van der Waals surface area contributed by atoms with E-state index in [1.807, 2.05) is 19.1 Å². The Morgan fingerprint density at radius 3 is 2.74 bits per heavy atom. The van der Waals surface area contributed by atoms with E-state index in [2.05, 4.69) is 22.9 Å². The Balaban J connectivity index is 1.35. The molecule has 1 N–H and O–H groups in total. The number of phenolic OH excluding ortho intramolecular Hbond substituents is 1. The number of carbonyl (C=O) groups is 2. The maximum atomic E-state index is 13.6. The Labute approximate surface area is 229 Å². The molecule has 8 nitrogen and oxygen atoms in total. The van der Waals surface area contributed by atoms with Gasteiger partial charge in [-0.2, -0.15) is 0 Å². The average Bonchev–Trinajstić information content (AvgIpc) is 3.42.